The Bertz CT molecular complexity index is 444. The van der Waals surface area contributed by atoms with Crippen molar-refractivity contribution in [3.63, 3.8) is 0 Å². The van der Waals surface area contributed by atoms with E-state index in [4.69, 9.17) is 0 Å². The van der Waals surface area contributed by atoms with Crippen LogP contribution in [0.1, 0.15) is 26.3 Å². The summed E-state index contributed by atoms with van der Waals surface area (Å²) >= 11 is 1.78. The van der Waals surface area contributed by atoms with Crippen LogP contribution in [0.5, 0.6) is 0 Å². The Morgan fingerprint density at radius 1 is 1.36 bits per heavy atom. The van der Waals surface area contributed by atoms with Crippen LogP contribution in [0.2, 0.25) is 0 Å². The van der Waals surface area contributed by atoms with E-state index < -0.39 is 0 Å². The van der Waals surface area contributed by atoms with Crippen LogP contribution in [-0.4, -0.2) is 0 Å². The van der Waals surface area contributed by atoms with E-state index in [9.17, 15) is 0 Å². The molecule has 1 aromatic rings. The zero-order chi connectivity index (χ0) is 9.92. The largest absolute Gasteiger partial charge is 0.152 e. The maximum absolute atomic E-state index is 2.41. The van der Waals surface area contributed by atoms with Crippen LogP contribution in [0.25, 0.3) is 5.57 Å². The van der Waals surface area contributed by atoms with Crippen LogP contribution in [0.4, 0.5) is 0 Å². The predicted molar refractivity (Wildman–Crippen MR) is 62.3 cm³/mol. The second-order valence-corrected chi connectivity index (χ2v) is 5.57. The lowest BCUT2D eigenvalue weighted by molar-refractivity contribution is 0.627. The first-order valence-electron chi connectivity index (χ1n) is 5.12. The fourth-order valence-corrected chi connectivity index (χ4v) is 3.51. The third-order valence-corrected chi connectivity index (χ3v) is 4.16. The first kappa shape index (κ1) is 8.49. The number of hydrogen-bond donors (Lipinski definition) is 0. The van der Waals surface area contributed by atoms with Gasteiger partial charge in [0.15, 0.2) is 0 Å². The Morgan fingerprint density at radius 3 is 2.64 bits per heavy atom. The van der Waals surface area contributed by atoms with Gasteiger partial charge in [-0.1, -0.05) is 26.8 Å². The molecule has 0 N–H and O–H groups in total. The minimum atomic E-state index is 0.394. The van der Waals surface area contributed by atoms with Crippen molar-refractivity contribution in [2.75, 3.05) is 0 Å². The molecule has 2 aliphatic rings. The summed E-state index contributed by atoms with van der Waals surface area (Å²) in [5.74, 6) is 0.662. The van der Waals surface area contributed by atoms with E-state index in [1.807, 2.05) is 0 Å². The van der Waals surface area contributed by atoms with E-state index in [2.05, 4.69) is 43.7 Å². The van der Waals surface area contributed by atoms with Crippen molar-refractivity contribution < 1.29 is 0 Å². The Kier molecular flexibility index (Phi) is 1.46. The van der Waals surface area contributed by atoms with E-state index in [-0.39, 0.29) is 0 Å². The average molecular weight is 202 g/mol. The molecule has 2 aliphatic carbocycles. The Morgan fingerprint density at radius 2 is 2.14 bits per heavy atom. The zero-order valence-corrected chi connectivity index (χ0v) is 9.61. The minimum Gasteiger partial charge on any atom is -0.152 e. The summed E-state index contributed by atoms with van der Waals surface area (Å²) in [4.78, 5) is 0. The summed E-state index contributed by atoms with van der Waals surface area (Å²) in [5, 5.41) is 4.41. The molecule has 0 nitrogen and oxygen atoms in total. The molecule has 1 aromatic heterocycles. The van der Waals surface area contributed by atoms with Crippen molar-refractivity contribution in [1.29, 1.82) is 0 Å². The van der Waals surface area contributed by atoms with Gasteiger partial charge in [0.25, 0.3) is 0 Å². The predicted octanol–water partition coefficient (Wildman–Crippen LogP) is 4.12. The third-order valence-electron chi connectivity index (χ3n) is 3.48. The van der Waals surface area contributed by atoms with Crippen molar-refractivity contribution in [3.05, 3.63) is 39.6 Å². The topological polar surface area (TPSA) is 0 Å². The highest BCUT2D eigenvalue weighted by Crippen LogP contribution is 2.65. The summed E-state index contributed by atoms with van der Waals surface area (Å²) in [6.45, 7) is 6.99. The summed E-state index contributed by atoms with van der Waals surface area (Å²) in [7, 11) is 0. The molecular formula is C13H14S. The summed E-state index contributed by atoms with van der Waals surface area (Å²) in [5.41, 5.74) is 6.59. The van der Waals surface area contributed by atoms with Crippen LogP contribution in [0, 0.1) is 11.3 Å². The Hall–Kier alpha value is -0.820. The summed E-state index contributed by atoms with van der Waals surface area (Å²) in [6, 6.07) is 2.23. The highest BCUT2D eigenvalue weighted by molar-refractivity contribution is 7.08. The van der Waals surface area contributed by atoms with Gasteiger partial charge in [-0.25, -0.2) is 0 Å². The molecule has 0 spiro atoms. The highest BCUT2D eigenvalue weighted by atomic mass is 32.1. The van der Waals surface area contributed by atoms with Gasteiger partial charge in [-0.2, -0.15) is 11.3 Å². The van der Waals surface area contributed by atoms with Crippen molar-refractivity contribution in [3.8, 4) is 0 Å². The van der Waals surface area contributed by atoms with E-state index in [0.29, 0.717) is 11.3 Å². The van der Waals surface area contributed by atoms with Crippen molar-refractivity contribution in [1.82, 2.24) is 0 Å². The van der Waals surface area contributed by atoms with E-state index in [1.165, 1.54) is 11.1 Å². The first-order chi connectivity index (χ1) is 6.62. The van der Waals surface area contributed by atoms with Crippen LogP contribution in [-0.2, 0) is 0 Å². The molecule has 1 unspecified atom stereocenters. The normalized spacial score (nSPS) is 27.6. The van der Waals surface area contributed by atoms with Gasteiger partial charge in [0.05, 0.1) is 0 Å². The molecule has 1 atom stereocenters. The van der Waals surface area contributed by atoms with Crippen LogP contribution < -0.4 is 0 Å². The van der Waals surface area contributed by atoms with Gasteiger partial charge in [-0.15, -0.1) is 0 Å². The lowest BCUT2D eigenvalue weighted by Crippen LogP contribution is -2.03. The van der Waals surface area contributed by atoms with Gasteiger partial charge in [0.2, 0.25) is 0 Å². The highest BCUT2D eigenvalue weighted by Gasteiger charge is 2.51. The molecule has 72 valence electrons. The SMILES string of the molecule is CC1C=C(c2ccsc2)C2=C1C2(C)C. The van der Waals surface area contributed by atoms with Gasteiger partial charge in [-0.3, -0.25) is 0 Å². The number of thiophene rings is 1. The molecule has 1 heteroatoms. The molecule has 0 fully saturated rings. The van der Waals surface area contributed by atoms with Gasteiger partial charge in [-0.05, 0) is 45.0 Å². The second kappa shape index (κ2) is 2.40. The Balaban J connectivity index is 2.05. The fourth-order valence-electron chi connectivity index (χ4n) is 2.85. The maximum Gasteiger partial charge on any atom is 0.0123 e. The van der Waals surface area contributed by atoms with Gasteiger partial charge in [0, 0.05) is 5.41 Å². The lowest BCUT2D eigenvalue weighted by atomic mass is 9.88. The molecule has 14 heavy (non-hydrogen) atoms. The minimum absolute atomic E-state index is 0.394. The molecule has 0 aromatic carbocycles. The average Bonchev–Trinajstić information content (AvgIpc) is 2.59. The van der Waals surface area contributed by atoms with Crippen LogP contribution >= 0.6 is 11.3 Å². The molecule has 0 radical (unpaired) electrons. The van der Waals surface area contributed by atoms with Crippen LogP contribution in [0.3, 0.4) is 0 Å². The fraction of sp³-hybridized carbons (Fsp3) is 0.385. The number of rotatable bonds is 1. The second-order valence-electron chi connectivity index (χ2n) is 4.79. The van der Waals surface area contributed by atoms with E-state index in [0.717, 1.165) is 0 Å². The monoisotopic (exact) mass is 202 g/mol. The molecule has 1 heterocycles. The standard InChI is InChI=1S/C13H14S/c1-8-6-10(9-4-5-14-7-9)12-11(8)13(12,2)3/h4-8H,1-3H3. The van der Waals surface area contributed by atoms with Gasteiger partial charge in [0.1, 0.15) is 0 Å². The molecule has 0 saturated heterocycles. The van der Waals surface area contributed by atoms with Gasteiger partial charge >= 0.3 is 0 Å². The van der Waals surface area contributed by atoms with E-state index >= 15 is 0 Å². The van der Waals surface area contributed by atoms with Gasteiger partial charge < -0.3 is 0 Å². The maximum atomic E-state index is 2.41. The molecule has 0 amide bonds. The van der Waals surface area contributed by atoms with Crippen LogP contribution in [0.15, 0.2) is 34.0 Å². The van der Waals surface area contributed by atoms with Crippen molar-refractivity contribution in [2.24, 2.45) is 11.3 Å². The first-order valence-corrected chi connectivity index (χ1v) is 6.06. The zero-order valence-electron chi connectivity index (χ0n) is 8.79. The Labute approximate surface area is 89.0 Å². The third kappa shape index (κ3) is 0.885. The molecule has 0 aliphatic heterocycles. The summed E-state index contributed by atoms with van der Waals surface area (Å²) < 4.78 is 0. The number of hydrogen-bond acceptors (Lipinski definition) is 1. The molecule has 0 bridgehead atoms. The molecular weight excluding hydrogens is 188 g/mol. The molecule has 3 rings (SSSR count). The lowest BCUT2D eigenvalue weighted by Gasteiger charge is -2.15. The number of allylic oxidation sites excluding steroid dienone is 4. The molecule has 0 saturated carbocycles. The van der Waals surface area contributed by atoms with Crippen molar-refractivity contribution in [2.45, 2.75) is 20.8 Å². The van der Waals surface area contributed by atoms with Crippen molar-refractivity contribution >= 4 is 16.9 Å². The smallest absolute Gasteiger partial charge is 0.0123 e. The summed E-state index contributed by atoms with van der Waals surface area (Å²) in [6.07, 6.45) is 2.41. The van der Waals surface area contributed by atoms with E-state index in [1.54, 1.807) is 22.5 Å². The quantitative estimate of drug-likeness (QED) is 0.642.